The van der Waals surface area contributed by atoms with Gasteiger partial charge in [-0.25, -0.2) is 0 Å². The number of ether oxygens (including phenoxy) is 1. The molecule has 2 rings (SSSR count). The van der Waals surface area contributed by atoms with Gasteiger partial charge in [-0.15, -0.1) is 0 Å². The van der Waals surface area contributed by atoms with Crippen LogP contribution < -0.4 is 4.74 Å². The maximum Gasteiger partial charge on any atom is 0.126 e. The van der Waals surface area contributed by atoms with Crippen LogP contribution in [0.25, 0.3) is 12.2 Å². The van der Waals surface area contributed by atoms with E-state index in [-0.39, 0.29) is 5.75 Å². The van der Waals surface area contributed by atoms with Crippen molar-refractivity contribution in [2.24, 2.45) is 0 Å². The predicted molar refractivity (Wildman–Crippen MR) is 71.6 cm³/mol. The zero-order chi connectivity index (χ0) is 13.0. The summed E-state index contributed by atoms with van der Waals surface area (Å²) >= 11 is 0. The number of nitrogens with zero attached hydrogens (tertiary/aromatic N) is 1. The first-order valence-electron chi connectivity index (χ1n) is 5.82. The Hall–Kier alpha value is -2.23. The lowest BCUT2D eigenvalue weighted by Gasteiger charge is -2.02. The summed E-state index contributed by atoms with van der Waals surface area (Å²) in [6.07, 6.45) is 4.61. The zero-order valence-electron chi connectivity index (χ0n) is 10.5. The van der Waals surface area contributed by atoms with E-state index in [9.17, 15) is 5.11 Å². The van der Waals surface area contributed by atoms with E-state index in [1.807, 2.05) is 18.2 Å². The molecule has 0 radical (unpaired) electrons. The Morgan fingerprint density at radius 2 is 2.17 bits per heavy atom. The van der Waals surface area contributed by atoms with Crippen LogP contribution in [-0.2, 0) is 6.42 Å². The Morgan fingerprint density at radius 1 is 1.33 bits per heavy atom. The first kappa shape index (κ1) is 12.2. The molecule has 18 heavy (non-hydrogen) atoms. The molecular weight excluding hydrogens is 228 g/mol. The molecule has 0 saturated heterocycles. The Labute approximate surface area is 106 Å². The second-order valence-corrected chi connectivity index (χ2v) is 3.93. The minimum absolute atomic E-state index is 0.192. The minimum Gasteiger partial charge on any atom is -0.507 e. The number of aromatic amines is 1. The van der Waals surface area contributed by atoms with Gasteiger partial charge in [-0.05, 0) is 36.8 Å². The summed E-state index contributed by atoms with van der Waals surface area (Å²) in [6.45, 7) is 2.07. The van der Waals surface area contributed by atoms with Crippen molar-refractivity contribution in [1.82, 2.24) is 10.2 Å². The number of benzene rings is 1. The maximum atomic E-state index is 9.79. The number of phenols is 1. The molecule has 2 N–H and O–H groups in total. The predicted octanol–water partition coefficient (Wildman–Crippen LogP) is 2.86. The molecule has 0 bridgehead atoms. The van der Waals surface area contributed by atoms with Gasteiger partial charge in [0, 0.05) is 17.3 Å². The number of aromatic nitrogens is 2. The number of aromatic hydroxyl groups is 1. The normalized spacial score (nSPS) is 11.0. The number of phenolic OH excluding ortho intramolecular Hbond substituents is 1. The van der Waals surface area contributed by atoms with Gasteiger partial charge in [0.05, 0.1) is 12.8 Å². The van der Waals surface area contributed by atoms with E-state index in [0.717, 1.165) is 23.4 Å². The van der Waals surface area contributed by atoms with Crippen LogP contribution in [0, 0.1) is 0 Å². The third-order valence-corrected chi connectivity index (χ3v) is 2.70. The molecule has 0 amide bonds. The molecular formula is C14H16N2O2. The summed E-state index contributed by atoms with van der Waals surface area (Å²) < 4.78 is 5.03. The van der Waals surface area contributed by atoms with E-state index in [2.05, 4.69) is 17.1 Å². The van der Waals surface area contributed by atoms with Gasteiger partial charge in [-0.2, -0.15) is 5.10 Å². The van der Waals surface area contributed by atoms with E-state index in [4.69, 9.17) is 4.74 Å². The van der Waals surface area contributed by atoms with E-state index in [1.165, 1.54) is 0 Å². The first-order chi connectivity index (χ1) is 8.72. The second-order valence-electron chi connectivity index (χ2n) is 3.93. The van der Waals surface area contributed by atoms with Gasteiger partial charge >= 0.3 is 0 Å². The summed E-state index contributed by atoms with van der Waals surface area (Å²) in [5.41, 5.74) is 2.67. The number of H-pyrrole nitrogens is 1. The SMILES string of the molecule is CCc1cc(/C=C/c2ccc(OC)cc2O)n[nH]1. The summed E-state index contributed by atoms with van der Waals surface area (Å²) in [7, 11) is 1.57. The molecule has 0 unspecified atom stereocenters. The highest BCUT2D eigenvalue weighted by molar-refractivity contribution is 5.71. The fraction of sp³-hybridized carbons (Fsp3) is 0.214. The first-order valence-corrected chi connectivity index (χ1v) is 5.82. The van der Waals surface area contributed by atoms with Crippen molar-refractivity contribution in [3.63, 3.8) is 0 Å². The van der Waals surface area contributed by atoms with Crippen LogP contribution in [0.4, 0.5) is 0 Å². The van der Waals surface area contributed by atoms with Gasteiger partial charge in [0.2, 0.25) is 0 Å². The zero-order valence-corrected chi connectivity index (χ0v) is 10.5. The van der Waals surface area contributed by atoms with Gasteiger partial charge in [-0.3, -0.25) is 5.10 Å². The quantitative estimate of drug-likeness (QED) is 0.869. The largest absolute Gasteiger partial charge is 0.507 e. The van der Waals surface area contributed by atoms with Gasteiger partial charge in [0.1, 0.15) is 11.5 Å². The topological polar surface area (TPSA) is 58.1 Å². The third-order valence-electron chi connectivity index (χ3n) is 2.70. The van der Waals surface area contributed by atoms with Crippen LogP contribution in [0.5, 0.6) is 11.5 Å². The summed E-state index contributed by atoms with van der Waals surface area (Å²) in [5.74, 6) is 0.828. The summed E-state index contributed by atoms with van der Waals surface area (Å²) in [4.78, 5) is 0. The Balaban J connectivity index is 2.18. The molecule has 1 aromatic heterocycles. The molecule has 0 aliphatic rings. The molecule has 0 aliphatic heterocycles. The highest BCUT2D eigenvalue weighted by atomic mass is 16.5. The van der Waals surface area contributed by atoms with Crippen molar-refractivity contribution in [2.45, 2.75) is 13.3 Å². The number of nitrogens with one attached hydrogen (secondary N) is 1. The molecule has 0 aliphatic carbocycles. The Bertz CT molecular complexity index is 559. The average molecular weight is 244 g/mol. The van der Waals surface area contributed by atoms with Gasteiger partial charge in [0.25, 0.3) is 0 Å². The van der Waals surface area contributed by atoms with Crippen LogP contribution in [-0.4, -0.2) is 22.4 Å². The number of aryl methyl sites for hydroxylation is 1. The number of hydrogen-bond donors (Lipinski definition) is 2. The lowest BCUT2D eigenvalue weighted by atomic mass is 10.1. The summed E-state index contributed by atoms with van der Waals surface area (Å²) in [5, 5.41) is 16.9. The van der Waals surface area contributed by atoms with E-state index < -0.39 is 0 Å². The van der Waals surface area contributed by atoms with Crippen LogP contribution in [0.3, 0.4) is 0 Å². The van der Waals surface area contributed by atoms with Crippen LogP contribution in [0.2, 0.25) is 0 Å². The minimum atomic E-state index is 0.192. The molecule has 0 fully saturated rings. The monoisotopic (exact) mass is 244 g/mol. The second kappa shape index (κ2) is 5.40. The lowest BCUT2D eigenvalue weighted by Crippen LogP contribution is -1.83. The Kier molecular flexibility index (Phi) is 3.67. The molecule has 4 nitrogen and oxygen atoms in total. The summed E-state index contributed by atoms with van der Waals surface area (Å²) in [6, 6.07) is 7.18. The number of rotatable bonds is 4. The number of hydrogen-bond acceptors (Lipinski definition) is 3. The fourth-order valence-corrected chi connectivity index (χ4v) is 1.61. The highest BCUT2D eigenvalue weighted by Gasteiger charge is 2.00. The molecule has 0 atom stereocenters. The van der Waals surface area contributed by atoms with Crippen molar-refractivity contribution < 1.29 is 9.84 Å². The van der Waals surface area contributed by atoms with Crippen molar-refractivity contribution in [1.29, 1.82) is 0 Å². The highest BCUT2D eigenvalue weighted by Crippen LogP contribution is 2.24. The van der Waals surface area contributed by atoms with Crippen molar-refractivity contribution >= 4 is 12.2 Å². The molecule has 94 valence electrons. The molecule has 1 heterocycles. The van der Waals surface area contributed by atoms with Gasteiger partial charge < -0.3 is 9.84 Å². The van der Waals surface area contributed by atoms with Crippen LogP contribution in [0.15, 0.2) is 24.3 Å². The maximum absolute atomic E-state index is 9.79. The lowest BCUT2D eigenvalue weighted by molar-refractivity contribution is 0.407. The van der Waals surface area contributed by atoms with Crippen LogP contribution >= 0.6 is 0 Å². The van der Waals surface area contributed by atoms with E-state index in [1.54, 1.807) is 25.3 Å². The van der Waals surface area contributed by atoms with Crippen molar-refractivity contribution in [3.8, 4) is 11.5 Å². The third kappa shape index (κ3) is 2.71. The number of methoxy groups -OCH3 is 1. The van der Waals surface area contributed by atoms with Crippen LogP contribution in [0.1, 0.15) is 23.9 Å². The van der Waals surface area contributed by atoms with Crippen molar-refractivity contribution in [3.05, 3.63) is 41.2 Å². The molecule has 0 spiro atoms. The standard InChI is InChI=1S/C14H16N2O2/c1-3-11-8-12(16-15-11)6-4-10-5-7-13(18-2)9-14(10)17/h4-9,17H,3H2,1-2H3,(H,15,16)/b6-4+. The fourth-order valence-electron chi connectivity index (χ4n) is 1.61. The molecule has 2 aromatic rings. The smallest absolute Gasteiger partial charge is 0.126 e. The molecule has 1 aromatic carbocycles. The van der Waals surface area contributed by atoms with Crippen molar-refractivity contribution in [2.75, 3.05) is 7.11 Å². The molecule has 4 heteroatoms. The average Bonchev–Trinajstić information content (AvgIpc) is 2.85. The molecule has 0 saturated carbocycles. The van der Waals surface area contributed by atoms with E-state index >= 15 is 0 Å². The Morgan fingerprint density at radius 3 is 2.78 bits per heavy atom. The van der Waals surface area contributed by atoms with E-state index in [0.29, 0.717) is 5.75 Å². The van der Waals surface area contributed by atoms with Gasteiger partial charge in [-0.1, -0.05) is 6.92 Å². The van der Waals surface area contributed by atoms with Gasteiger partial charge in [0.15, 0.2) is 0 Å².